The van der Waals surface area contributed by atoms with Crippen molar-refractivity contribution in [1.29, 1.82) is 0 Å². The number of carbonyl (C=O) groups is 2. The van der Waals surface area contributed by atoms with Crippen LogP contribution in [0.1, 0.15) is 251 Å². The third-order valence-electron chi connectivity index (χ3n) is 11.0. The number of aliphatic hydroxyl groups excluding tert-OH is 2. The molecule has 0 heterocycles. The fourth-order valence-electron chi connectivity index (χ4n) is 7.26. The minimum atomic E-state index is -0.676. The van der Waals surface area contributed by atoms with Crippen LogP contribution in [-0.2, 0) is 14.3 Å². The third kappa shape index (κ3) is 41.8. The predicted octanol–water partition coefficient (Wildman–Crippen LogP) is 14.0. The lowest BCUT2D eigenvalue weighted by molar-refractivity contribution is -0.143. The largest absolute Gasteiger partial charge is 0.466 e. The number of aliphatic hydroxyl groups is 2. The van der Waals surface area contributed by atoms with Gasteiger partial charge in [0.25, 0.3) is 0 Å². The summed E-state index contributed by atoms with van der Waals surface area (Å²) in [4.78, 5) is 24.4. The molecule has 6 nitrogen and oxygen atoms in total. The molecule has 3 N–H and O–H groups in total. The molecule has 0 bridgehead atoms. The lowest BCUT2D eigenvalue weighted by Gasteiger charge is -2.22. The Morgan fingerprint density at radius 1 is 0.509 bits per heavy atom. The second kappa shape index (κ2) is 45.0. The van der Waals surface area contributed by atoms with Gasteiger partial charge in [0.15, 0.2) is 0 Å². The average Bonchev–Trinajstić information content (AvgIpc) is 3.18. The Hall–Kier alpha value is -1.66. The number of carbonyl (C=O) groups excluding carboxylic acids is 2. The molecule has 0 saturated heterocycles. The first-order chi connectivity index (χ1) is 27.0. The van der Waals surface area contributed by atoms with Crippen molar-refractivity contribution >= 4 is 11.9 Å². The lowest BCUT2D eigenvalue weighted by Crippen LogP contribution is -2.45. The Morgan fingerprint density at radius 2 is 0.945 bits per heavy atom. The second-order valence-corrected chi connectivity index (χ2v) is 16.4. The van der Waals surface area contributed by atoms with Gasteiger partial charge < -0.3 is 20.3 Å². The first-order valence-corrected chi connectivity index (χ1v) is 24.1. The first kappa shape index (κ1) is 53.3. The van der Waals surface area contributed by atoms with E-state index in [1.54, 1.807) is 0 Å². The second-order valence-electron chi connectivity index (χ2n) is 16.4. The van der Waals surface area contributed by atoms with Gasteiger partial charge in [-0.05, 0) is 51.4 Å². The van der Waals surface area contributed by atoms with E-state index in [0.29, 0.717) is 25.9 Å². The molecule has 0 rings (SSSR count). The molecule has 0 aliphatic carbocycles. The molecule has 324 valence electrons. The molecule has 0 radical (unpaired) electrons. The Bertz CT molecular complexity index is 858. The van der Waals surface area contributed by atoms with Crippen LogP contribution in [0.3, 0.4) is 0 Å². The van der Waals surface area contributed by atoms with Gasteiger partial charge in [-0.3, -0.25) is 9.59 Å². The van der Waals surface area contributed by atoms with Crippen molar-refractivity contribution in [3.8, 4) is 0 Å². The van der Waals surface area contributed by atoms with Crippen molar-refractivity contribution < 1.29 is 24.5 Å². The lowest BCUT2D eigenvalue weighted by atomic mass is 10.0. The molecule has 0 spiro atoms. The van der Waals surface area contributed by atoms with Gasteiger partial charge in [-0.2, -0.15) is 0 Å². The van der Waals surface area contributed by atoms with Crippen LogP contribution in [0.2, 0.25) is 0 Å². The number of hydrogen-bond acceptors (Lipinski definition) is 5. The van der Waals surface area contributed by atoms with E-state index in [9.17, 15) is 19.8 Å². The highest BCUT2D eigenvalue weighted by molar-refractivity contribution is 5.76. The number of nitrogens with one attached hydrogen (secondary N) is 1. The van der Waals surface area contributed by atoms with Gasteiger partial charge in [-0.25, -0.2) is 0 Å². The van der Waals surface area contributed by atoms with Crippen LogP contribution in [0.15, 0.2) is 24.3 Å². The fourth-order valence-corrected chi connectivity index (χ4v) is 7.26. The Morgan fingerprint density at radius 3 is 1.45 bits per heavy atom. The quantitative estimate of drug-likeness (QED) is 0.0325. The molecule has 2 unspecified atom stereocenters. The monoisotopic (exact) mass is 776 g/mol. The van der Waals surface area contributed by atoms with E-state index in [4.69, 9.17) is 4.74 Å². The predicted molar refractivity (Wildman–Crippen MR) is 236 cm³/mol. The Balaban J connectivity index is 3.49. The van der Waals surface area contributed by atoms with Crippen molar-refractivity contribution in [2.75, 3.05) is 13.2 Å². The van der Waals surface area contributed by atoms with Crippen molar-refractivity contribution in [3.05, 3.63) is 24.3 Å². The molecule has 0 aromatic rings. The van der Waals surface area contributed by atoms with Gasteiger partial charge in [0.05, 0.1) is 25.4 Å². The minimum Gasteiger partial charge on any atom is -0.466 e. The van der Waals surface area contributed by atoms with E-state index in [1.165, 1.54) is 148 Å². The number of rotatable bonds is 44. The van der Waals surface area contributed by atoms with Gasteiger partial charge in [0.1, 0.15) is 0 Å². The smallest absolute Gasteiger partial charge is 0.305 e. The molecule has 0 saturated carbocycles. The maximum atomic E-state index is 12.4. The van der Waals surface area contributed by atoms with Gasteiger partial charge >= 0.3 is 5.97 Å². The van der Waals surface area contributed by atoms with E-state index < -0.39 is 12.1 Å². The van der Waals surface area contributed by atoms with Gasteiger partial charge in [0, 0.05) is 12.8 Å². The summed E-state index contributed by atoms with van der Waals surface area (Å²) in [5, 5.41) is 23.2. The number of ether oxygens (including phenoxy) is 1. The number of esters is 1. The summed E-state index contributed by atoms with van der Waals surface area (Å²) < 4.78 is 5.44. The molecule has 0 aromatic heterocycles. The van der Waals surface area contributed by atoms with E-state index >= 15 is 0 Å². The number of hydrogen-bond donors (Lipinski definition) is 3. The summed E-state index contributed by atoms with van der Waals surface area (Å²) in [6.45, 7) is 4.83. The molecule has 2 atom stereocenters. The molecule has 0 aliphatic rings. The van der Waals surface area contributed by atoms with E-state index in [0.717, 1.165) is 70.6 Å². The maximum absolute atomic E-state index is 12.4. The van der Waals surface area contributed by atoms with Gasteiger partial charge in [-0.1, -0.05) is 212 Å². The standard InChI is InChI=1S/C49H93NO5/c1-3-5-7-9-11-13-15-17-19-21-25-29-33-37-41-47(52)46(45-51)50-48(53)42-38-34-30-26-22-20-24-28-32-36-40-44-55-49(54)43-39-35-31-27-23-18-16-14-12-10-8-6-4-2/h8,10,14,16,46-47,51-52H,3-7,9,11-13,15,17-45H2,1-2H3,(H,50,53)/b10-8-,16-14-. The SMILES string of the molecule is CCC/C=C\C/C=C\CCCCCCCC(=O)OCCCCCCCCCCCCCC(=O)NC(CO)C(O)CCCCCCCCCCCCCCCC. The third-order valence-corrected chi connectivity index (χ3v) is 11.0. The van der Waals surface area contributed by atoms with Crippen LogP contribution >= 0.6 is 0 Å². The molecule has 1 amide bonds. The molecular weight excluding hydrogens is 683 g/mol. The Labute approximate surface area is 341 Å². The molecule has 0 aromatic carbocycles. The fraction of sp³-hybridized carbons (Fsp3) is 0.878. The van der Waals surface area contributed by atoms with Crippen LogP contribution in [-0.4, -0.2) is 47.4 Å². The molecule has 6 heteroatoms. The zero-order valence-corrected chi connectivity index (χ0v) is 36.7. The summed E-state index contributed by atoms with van der Waals surface area (Å²) in [5.74, 6) is -0.0844. The Kier molecular flexibility index (Phi) is 43.7. The van der Waals surface area contributed by atoms with Crippen LogP contribution in [0, 0.1) is 0 Å². The summed E-state index contributed by atoms with van der Waals surface area (Å²) in [6.07, 6.45) is 51.3. The summed E-state index contributed by atoms with van der Waals surface area (Å²) >= 11 is 0. The van der Waals surface area contributed by atoms with Crippen LogP contribution in [0.4, 0.5) is 0 Å². The summed E-state index contributed by atoms with van der Waals surface area (Å²) in [7, 11) is 0. The number of amides is 1. The average molecular weight is 776 g/mol. The normalized spacial score (nSPS) is 12.9. The zero-order chi connectivity index (χ0) is 40.1. The van der Waals surface area contributed by atoms with Crippen LogP contribution in [0.25, 0.3) is 0 Å². The number of unbranched alkanes of at least 4 members (excludes halogenated alkanes) is 29. The highest BCUT2D eigenvalue weighted by atomic mass is 16.5. The highest BCUT2D eigenvalue weighted by Crippen LogP contribution is 2.16. The van der Waals surface area contributed by atoms with Crippen molar-refractivity contribution in [1.82, 2.24) is 5.32 Å². The first-order valence-electron chi connectivity index (χ1n) is 24.1. The van der Waals surface area contributed by atoms with Gasteiger partial charge in [-0.15, -0.1) is 0 Å². The van der Waals surface area contributed by atoms with E-state index in [2.05, 4.69) is 43.5 Å². The van der Waals surface area contributed by atoms with Crippen molar-refractivity contribution in [3.63, 3.8) is 0 Å². The maximum Gasteiger partial charge on any atom is 0.305 e. The summed E-state index contributed by atoms with van der Waals surface area (Å²) in [5.41, 5.74) is 0. The summed E-state index contributed by atoms with van der Waals surface area (Å²) in [6, 6.07) is -0.555. The van der Waals surface area contributed by atoms with Gasteiger partial charge in [0.2, 0.25) is 5.91 Å². The molecule has 0 fully saturated rings. The zero-order valence-electron chi connectivity index (χ0n) is 36.7. The van der Waals surface area contributed by atoms with E-state index in [-0.39, 0.29) is 18.5 Å². The van der Waals surface area contributed by atoms with Crippen LogP contribution < -0.4 is 5.32 Å². The van der Waals surface area contributed by atoms with Crippen molar-refractivity contribution in [2.45, 2.75) is 264 Å². The van der Waals surface area contributed by atoms with E-state index in [1.807, 2.05) is 0 Å². The molecular formula is C49H93NO5. The molecule has 55 heavy (non-hydrogen) atoms. The highest BCUT2D eigenvalue weighted by Gasteiger charge is 2.20. The number of allylic oxidation sites excluding steroid dienone is 4. The van der Waals surface area contributed by atoms with Crippen LogP contribution in [0.5, 0.6) is 0 Å². The van der Waals surface area contributed by atoms with Crippen molar-refractivity contribution in [2.24, 2.45) is 0 Å². The minimum absolute atomic E-state index is 0.0292. The topological polar surface area (TPSA) is 95.9 Å². The molecule has 0 aliphatic heterocycles.